The highest BCUT2D eigenvalue weighted by Crippen LogP contribution is 2.01. The first-order valence-electron chi connectivity index (χ1n) is 3.95. The summed E-state index contributed by atoms with van der Waals surface area (Å²) in [6.07, 6.45) is 1.44. The van der Waals surface area contributed by atoms with Crippen molar-refractivity contribution in [2.24, 2.45) is 7.05 Å². The van der Waals surface area contributed by atoms with Crippen molar-refractivity contribution >= 4 is 6.09 Å². The second-order valence-electron chi connectivity index (χ2n) is 2.91. The van der Waals surface area contributed by atoms with Gasteiger partial charge in [0, 0.05) is 20.2 Å². The van der Waals surface area contributed by atoms with Crippen molar-refractivity contribution < 1.29 is 14.1 Å². The van der Waals surface area contributed by atoms with Crippen molar-refractivity contribution in [3.63, 3.8) is 0 Å². The minimum atomic E-state index is -0.373. The van der Waals surface area contributed by atoms with Gasteiger partial charge in [-0.25, -0.2) is 4.79 Å². The molecule has 70 valence electrons. The van der Waals surface area contributed by atoms with Crippen molar-refractivity contribution in [1.29, 1.82) is 0 Å². The molecular formula is C9H13N2O2+. The quantitative estimate of drug-likeness (QED) is 0.593. The van der Waals surface area contributed by atoms with Gasteiger partial charge in [0.15, 0.2) is 6.20 Å². The van der Waals surface area contributed by atoms with Crippen LogP contribution in [0.25, 0.3) is 0 Å². The Labute approximate surface area is 77.4 Å². The summed E-state index contributed by atoms with van der Waals surface area (Å²) in [4.78, 5) is 12.5. The standard InChI is InChI=1S/C9H13N2O2/c1-10(2)9(12)13-8-6-4-5-7-11(8)3/h4-7H,1-3H3/q+1. The maximum Gasteiger partial charge on any atom is 0.418 e. The van der Waals surface area contributed by atoms with E-state index in [0.29, 0.717) is 5.88 Å². The Morgan fingerprint density at radius 1 is 1.46 bits per heavy atom. The van der Waals surface area contributed by atoms with Gasteiger partial charge in [-0.3, -0.25) is 0 Å². The van der Waals surface area contributed by atoms with Crippen LogP contribution in [0.15, 0.2) is 24.4 Å². The molecule has 1 aromatic heterocycles. The summed E-state index contributed by atoms with van der Waals surface area (Å²) in [5.41, 5.74) is 0. The van der Waals surface area contributed by atoms with Crippen molar-refractivity contribution in [3.8, 4) is 5.88 Å². The Morgan fingerprint density at radius 2 is 2.15 bits per heavy atom. The van der Waals surface area contributed by atoms with E-state index < -0.39 is 0 Å². The lowest BCUT2D eigenvalue weighted by Crippen LogP contribution is -2.34. The zero-order valence-corrected chi connectivity index (χ0v) is 8.02. The van der Waals surface area contributed by atoms with Crippen LogP contribution in [0.5, 0.6) is 5.88 Å². The Kier molecular flexibility index (Phi) is 2.84. The summed E-state index contributed by atoms with van der Waals surface area (Å²) in [7, 11) is 5.11. The van der Waals surface area contributed by atoms with Gasteiger partial charge in [-0.05, 0) is 6.07 Å². The molecule has 4 heteroatoms. The number of carbonyl (C=O) groups excluding carboxylic acids is 1. The molecule has 1 rings (SSSR count). The zero-order chi connectivity index (χ0) is 9.84. The van der Waals surface area contributed by atoms with Gasteiger partial charge in [0.2, 0.25) is 0 Å². The predicted octanol–water partition coefficient (Wildman–Crippen LogP) is 0.571. The number of hydrogen-bond acceptors (Lipinski definition) is 2. The average molecular weight is 181 g/mol. The van der Waals surface area contributed by atoms with Gasteiger partial charge in [-0.1, -0.05) is 0 Å². The van der Waals surface area contributed by atoms with Crippen molar-refractivity contribution in [2.75, 3.05) is 14.1 Å². The second kappa shape index (κ2) is 3.89. The van der Waals surface area contributed by atoms with E-state index in [9.17, 15) is 4.79 Å². The maximum absolute atomic E-state index is 11.2. The first kappa shape index (κ1) is 9.51. The Balaban J connectivity index is 2.75. The fourth-order valence-corrected chi connectivity index (χ4v) is 0.794. The molecule has 0 aliphatic heterocycles. The number of aromatic nitrogens is 1. The first-order chi connectivity index (χ1) is 6.11. The fourth-order valence-electron chi connectivity index (χ4n) is 0.794. The van der Waals surface area contributed by atoms with Crippen LogP contribution >= 0.6 is 0 Å². The zero-order valence-electron chi connectivity index (χ0n) is 8.02. The number of amides is 1. The van der Waals surface area contributed by atoms with Gasteiger partial charge < -0.3 is 9.64 Å². The summed E-state index contributed by atoms with van der Waals surface area (Å²) in [6, 6.07) is 5.42. The molecule has 0 bridgehead atoms. The summed E-state index contributed by atoms with van der Waals surface area (Å²) in [6.45, 7) is 0. The van der Waals surface area contributed by atoms with Crippen molar-refractivity contribution in [3.05, 3.63) is 24.4 Å². The van der Waals surface area contributed by atoms with Crippen molar-refractivity contribution in [1.82, 2.24) is 4.90 Å². The van der Waals surface area contributed by atoms with E-state index in [-0.39, 0.29) is 6.09 Å². The van der Waals surface area contributed by atoms with Crippen LogP contribution in [0.4, 0.5) is 4.79 Å². The minimum Gasteiger partial charge on any atom is -0.354 e. The molecule has 0 aromatic carbocycles. The molecule has 1 heterocycles. The number of aryl methyl sites for hydroxylation is 1. The number of hydrogen-bond donors (Lipinski definition) is 0. The highest BCUT2D eigenvalue weighted by molar-refractivity contribution is 5.69. The Morgan fingerprint density at radius 3 is 2.69 bits per heavy atom. The van der Waals surface area contributed by atoms with Crippen LogP contribution in [-0.2, 0) is 7.05 Å². The van der Waals surface area contributed by atoms with Gasteiger partial charge in [0.25, 0.3) is 0 Å². The number of pyridine rings is 1. The van der Waals surface area contributed by atoms with Gasteiger partial charge in [0.1, 0.15) is 7.05 Å². The number of rotatable bonds is 1. The van der Waals surface area contributed by atoms with Gasteiger partial charge in [-0.2, -0.15) is 4.57 Å². The molecule has 0 atom stereocenters. The van der Waals surface area contributed by atoms with Gasteiger partial charge >= 0.3 is 12.0 Å². The third-order valence-electron chi connectivity index (χ3n) is 1.56. The molecule has 0 aliphatic carbocycles. The summed E-state index contributed by atoms with van der Waals surface area (Å²) in [5, 5.41) is 0. The number of ether oxygens (including phenoxy) is 1. The van der Waals surface area contributed by atoms with Gasteiger partial charge in [-0.15, -0.1) is 0 Å². The molecule has 1 aromatic rings. The average Bonchev–Trinajstić information content (AvgIpc) is 2.08. The van der Waals surface area contributed by atoms with Crippen LogP contribution in [0.2, 0.25) is 0 Å². The molecule has 0 spiro atoms. The largest absolute Gasteiger partial charge is 0.418 e. The summed E-state index contributed by atoms with van der Waals surface area (Å²) >= 11 is 0. The number of carbonyl (C=O) groups is 1. The molecule has 0 fully saturated rings. The SMILES string of the molecule is CN(C)C(=O)Oc1cccc[n+]1C. The second-order valence-corrected chi connectivity index (χ2v) is 2.91. The number of nitrogens with zero attached hydrogens (tertiary/aromatic N) is 2. The van der Waals surface area contributed by atoms with Crippen LogP contribution in [0.3, 0.4) is 0 Å². The molecule has 0 unspecified atom stereocenters. The Bertz CT molecular complexity index is 310. The van der Waals surface area contributed by atoms with Crippen LogP contribution in [0.1, 0.15) is 0 Å². The minimum absolute atomic E-state index is 0.373. The van der Waals surface area contributed by atoms with Crippen LogP contribution in [-0.4, -0.2) is 25.1 Å². The lowest BCUT2D eigenvalue weighted by atomic mass is 10.5. The topological polar surface area (TPSA) is 33.4 Å². The molecule has 0 aliphatic rings. The smallest absolute Gasteiger partial charge is 0.354 e. The normalized spacial score (nSPS) is 9.46. The highest BCUT2D eigenvalue weighted by atomic mass is 16.6. The lowest BCUT2D eigenvalue weighted by Gasteiger charge is -2.08. The maximum atomic E-state index is 11.2. The lowest BCUT2D eigenvalue weighted by molar-refractivity contribution is -0.675. The molecule has 0 saturated heterocycles. The molecule has 0 N–H and O–H groups in total. The molecular weight excluding hydrogens is 168 g/mol. The summed E-state index contributed by atoms with van der Waals surface area (Å²) < 4.78 is 6.79. The third kappa shape index (κ3) is 2.43. The molecule has 0 radical (unpaired) electrons. The van der Waals surface area contributed by atoms with E-state index in [4.69, 9.17) is 4.74 Å². The van der Waals surface area contributed by atoms with Crippen molar-refractivity contribution in [2.45, 2.75) is 0 Å². The van der Waals surface area contributed by atoms with Gasteiger partial charge in [0.05, 0.1) is 6.07 Å². The molecule has 1 amide bonds. The highest BCUT2D eigenvalue weighted by Gasteiger charge is 2.12. The van der Waals surface area contributed by atoms with E-state index in [2.05, 4.69) is 0 Å². The molecule has 4 nitrogen and oxygen atoms in total. The summed E-state index contributed by atoms with van der Waals surface area (Å²) in [5.74, 6) is 0.529. The van der Waals surface area contributed by atoms with E-state index in [1.807, 2.05) is 25.4 Å². The monoisotopic (exact) mass is 181 g/mol. The van der Waals surface area contributed by atoms with E-state index in [1.54, 1.807) is 24.7 Å². The fraction of sp³-hybridized carbons (Fsp3) is 0.333. The predicted molar refractivity (Wildman–Crippen MR) is 47.3 cm³/mol. The van der Waals surface area contributed by atoms with E-state index >= 15 is 0 Å². The van der Waals surface area contributed by atoms with E-state index in [1.165, 1.54) is 4.90 Å². The molecule has 0 saturated carbocycles. The molecule has 13 heavy (non-hydrogen) atoms. The van der Waals surface area contributed by atoms with E-state index in [0.717, 1.165) is 0 Å². The van der Waals surface area contributed by atoms with Crippen LogP contribution in [0, 0.1) is 0 Å². The Hall–Kier alpha value is -1.58. The third-order valence-corrected chi connectivity index (χ3v) is 1.56. The first-order valence-corrected chi connectivity index (χ1v) is 3.95. The van der Waals surface area contributed by atoms with Crippen LogP contribution < -0.4 is 9.30 Å².